The van der Waals surface area contributed by atoms with Gasteiger partial charge in [0.1, 0.15) is 5.76 Å². The smallest absolute Gasteiger partial charge is 0.254 e. The molecule has 0 aromatic carbocycles. The van der Waals surface area contributed by atoms with Crippen molar-refractivity contribution in [2.45, 2.75) is 24.9 Å². The summed E-state index contributed by atoms with van der Waals surface area (Å²) in [4.78, 5) is 16.3. The van der Waals surface area contributed by atoms with Crippen molar-refractivity contribution < 1.29 is 23.9 Å². The number of carbonyl (C=O) groups is 1. The third-order valence-corrected chi connectivity index (χ3v) is 4.64. The van der Waals surface area contributed by atoms with Crippen molar-refractivity contribution in [3.05, 3.63) is 11.8 Å². The van der Waals surface area contributed by atoms with E-state index < -0.39 is 5.60 Å². The predicted molar refractivity (Wildman–Crippen MR) is 84.8 cm³/mol. The lowest BCUT2D eigenvalue weighted by Gasteiger charge is -2.33. The Morgan fingerprint density at radius 2 is 2.21 bits per heavy atom. The molecule has 2 aliphatic rings. The summed E-state index contributed by atoms with van der Waals surface area (Å²) in [6.07, 6.45) is 1.44. The predicted octanol–water partition coefficient (Wildman–Crippen LogP) is -0.0886. The number of amides is 1. The topological polar surface area (TPSA) is 88.3 Å². The standard InChI is InChI=1S/C16H25N3O5/c1-22-14-10-13(24-17-14)2-3-15(20)19-5-4-16(21,12-19)11-18-6-8-23-9-7-18/h10,21H,2-9,11-12H2,1H3. The minimum atomic E-state index is -0.817. The van der Waals surface area contributed by atoms with E-state index in [2.05, 4.69) is 10.1 Å². The molecule has 3 rings (SSSR count). The van der Waals surface area contributed by atoms with Crippen LogP contribution in [0.5, 0.6) is 5.88 Å². The Hall–Kier alpha value is -1.64. The van der Waals surface area contributed by atoms with Crippen LogP contribution < -0.4 is 4.74 Å². The molecule has 134 valence electrons. The molecule has 0 bridgehead atoms. The Kier molecular flexibility index (Phi) is 5.37. The van der Waals surface area contributed by atoms with Crippen LogP contribution in [0.25, 0.3) is 0 Å². The minimum absolute atomic E-state index is 0.0308. The van der Waals surface area contributed by atoms with Crippen LogP contribution in [0.2, 0.25) is 0 Å². The zero-order valence-electron chi connectivity index (χ0n) is 14.1. The number of aromatic nitrogens is 1. The first kappa shape index (κ1) is 17.2. The average molecular weight is 339 g/mol. The summed E-state index contributed by atoms with van der Waals surface area (Å²) < 4.78 is 15.4. The molecule has 3 heterocycles. The van der Waals surface area contributed by atoms with Gasteiger partial charge in [-0.1, -0.05) is 0 Å². The van der Waals surface area contributed by atoms with Gasteiger partial charge in [0.15, 0.2) is 0 Å². The molecule has 8 heteroatoms. The molecule has 0 spiro atoms. The van der Waals surface area contributed by atoms with E-state index >= 15 is 0 Å². The third kappa shape index (κ3) is 4.25. The van der Waals surface area contributed by atoms with E-state index in [0.717, 1.165) is 13.1 Å². The number of ether oxygens (including phenoxy) is 2. The van der Waals surface area contributed by atoms with Crippen molar-refractivity contribution in [1.29, 1.82) is 0 Å². The summed E-state index contributed by atoms with van der Waals surface area (Å²) in [5.74, 6) is 1.07. The number of aliphatic hydroxyl groups is 1. The molecule has 0 radical (unpaired) electrons. The van der Waals surface area contributed by atoms with Crippen molar-refractivity contribution >= 4 is 5.91 Å². The maximum atomic E-state index is 12.4. The average Bonchev–Trinajstić information content (AvgIpc) is 3.20. The van der Waals surface area contributed by atoms with Crippen molar-refractivity contribution in [2.24, 2.45) is 0 Å². The van der Waals surface area contributed by atoms with E-state index in [9.17, 15) is 9.90 Å². The van der Waals surface area contributed by atoms with E-state index in [0.29, 0.717) is 63.8 Å². The molecule has 1 aromatic rings. The van der Waals surface area contributed by atoms with Crippen LogP contribution in [-0.4, -0.2) is 84.6 Å². The number of methoxy groups -OCH3 is 1. The molecule has 1 unspecified atom stereocenters. The Balaban J connectivity index is 1.46. The number of nitrogens with zero attached hydrogens (tertiary/aromatic N) is 3. The molecule has 8 nitrogen and oxygen atoms in total. The lowest BCUT2D eigenvalue weighted by atomic mass is 10.0. The lowest BCUT2D eigenvalue weighted by molar-refractivity contribution is -0.131. The molecule has 1 N–H and O–H groups in total. The fraction of sp³-hybridized carbons (Fsp3) is 0.750. The van der Waals surface area contributed by atoms with Crippen molar-refractivity contribution in [3.8, 4) is 5.88 Å². The van der Waals surface area contributed by atoms with Gasteiger partial charge in [0.2, 0.25) is 5.91 Å². The summed E-state index contributed by atoms with van der Waals surface area (Å²) in [6, 6.07) is 1.69. The van der Waals surface area contributed by atoms with Gasteiger partial charge in [0.05, 0.1) is 32.5 Å². The van der Waals surface area contributed by atoms with Gasteiger partial charge >= 0.3 is 0 Å². The SMILES string of the molecule is COc1cc(CCC(=O)N2CCC(O)(CN3CCOCC3)C2)on1. The van der Waals surface area contributed by atoms with Gasteiger partial charge in [-0.2, -0.15) is 0 Å². The van der Waals surface area contributed by atoms with Crippen LogP contribution in [0.1, 0.15) is 18.6 Å². The van der Waals surface area contributed by atoms with Gasteiger partial charge < -0.3 is 24.0 Å². The molecular formula is C16H25N3O5. The van der Waals surface area contributed by atoms with E-state index in [1.54, 1.807) is 11.0 Å². The number of likely N-dealkylation sites (tertiary alicyclic amines) is 1. The van der Waals surface area contributed by atoms with Crippen LogP contribution in [0.3, 0.4) is 0 Å². The summed E-state index contributed by atoms with van der Waals surface area (Å²) in [7, 11) is 1.52. The number of hydrogen-bond donors (Lipinski definition) is 1. The normalized spacial score (nSPS) is 25.2. The number of rotatable bonds is 6. The Morgan fingerprint density at radius 1 is 1.42 bits per heavy atom. The Morgan fingerprint density at radius 3 is 2.92 bits per heavy atom. The van der Waals surface area contributed by atoms with Gasteiger partial charge in [-0.15, -0.1) is 0 Å². The van der Waals surface area contributed by atoms with Gasteiger partial charge in [0, 0.05) is 45.1 Å². The minimum Gasteiger partial charge on any atom is -0.479 e. The molecule has 2 saturated heterocycles. The van der Waals surface area contributed by atoms with E-state index in [-0.39, 0.29) is 5.91 Å². The van der Waals surface area contributed by atoms with E-state index in [1.165, 1.54) is 7.11 Å². The van der Waals surface area contributed by atoms with Crippen LogP contribution >= 0.6 is 0 Å². The molecule has 24 heavy (non-hydrogen) atoms. The summed E-state index contributed by atoms with van der Waals surface area (Å²) >= 11 is 0. The largest absolute Gasteiger partial charge is 0.479 e. The summed E-state index contributed by atoms with van der Waals surface area (Å²) in [5.41, 5.74) is -0.817. The Bertz CT molecular complexity index is 558. The van der Waals surface area contributed by atoms with Gasteiger partial charge in [0.25, 0.3) is 5.88 Å². The molecule has 0 saturated carbocycles. The fourth-order valence-electron chi connectivity index (χ4n) is 3.27. The second-order valence-electron chi connectivity index (χ2n) is 6.51. The fourth-order valence-corrected chi connectivity index (χ4v) is 3.27. The first-order valence-corrected chi connectivity index (χ1v) is 8.38. The first-order valence-electron chi connectivity index (χ1n) is 8.38. The highest BCUT2D eigenvalue weighted by Crippen LogP contribution is 2.24. The molecule has 1 amide bonds. The van der Waals surface area contributed by atoms with Gasteiger partial charge in [-0.05, 0) is 11.6 Å². The molecule has 2 fully saturated rings. The van der Waals surface area contributed by atoms with Crippen molar-refractivity contribution in [2.75, 3.05) is 53.0 Å². The quantitative estimate of drug-likeness (QED) is 0.775. The van der Waals surface area contributed by atoms with Crippen LogP contribution in [0, 0.1) is 0 Å². The van der Waals surface area contributed by atoms with Gasteiger partial charge in [-0.3, -0.25) is 9.69 Å². The maximum absolute atomic E-state index is 12.4. The van der Waals surface area contributed by atoms with Crippen molar-refractivity contribution in [1.82, 2.24) is 15.0 Å². The highest BCUT2D eigenvalue weighted by Gasteiger charge is 2.39. The third-order valence-electron chi connectivity index (χ3n) is 4.64. The zero-order valence-corrected chi connectivity index (χ0v) is 14.1. The second kappa shape index (κ2) is 7.50. The number of aryl methyl sites for hydroxylation is 1. The summed E-state index contributed by atoms with van der Waals surface area (Å²) in [5, 5.41) is 14.5. The molecule has 2 aliphatic heterocycles. The highest BCUT2D eigenvalue weighted by atomic mass is 16.5. The number of β-amino-alcohol motifs (C(OH)–C–C–N with tert-alkyl or cyclic N) is 1. The molecule has 0 aliphatic carbocycles. The molecule has 1 atom stereocenters. The Labute approximate surface area is 141 Å². The highest BCUT2D eigenvalue weighted by molar-refractivity contribution is 5.76. The van der Waals surface area contributed by atoms with Crippen molar-refractivity contribution in [3.63, 3.8) is 0 Å². The monoisotopic (exact) mass is 339 g/mol. The van der Waals surface area contributed by atoms with E-state index in [1.807, 2.05) is 0 Å². The molecular weight excluding hydrogens is 314 g/mol. The molecule has 1 aromatic heterocycles. The number of carbonyl (C=O) groups excluding carboxylic acids is 1. The summed E-state index contributed by atoms with van der Waals surface area (Å²) in [6.45, 7) is 4.67. The van der Waals surface area contributed by atoms with Crippen LogP contribution in [0.15, 0.2) is 10.6 Å². The number of hydrogen-bond acceptors (Lipinski definition) is 7. The van der Waals surface area contributed by atoms with E-state index in [4.69, 9.17) is 14.0 Å². The van der Waals surface area contributed by atoms with Crippen LogP contribution in [-0.2, 0) is 16.0 Å². The van der Waals surface area contributed by atoms with Crippen LogP contribution in [0.4, 0.5) is 0 Å². The first-order chi connectivity index (χ1) is 11.6. The lowest BCUT2D eigenvalue weighted by Crippen LogP contribution is -2.49. The zero-order chi connectivity index (χ0) is 17.0. The second-order valence-corrected chi connectivity index (χ2v) is 6.51. The number of morpholine rings is 1. The van der Waals surface area contributed by atoms with Gasteiger partial charge in [-0.25, -0.2) is 0 Å². The maximum Gasteiger partial charge on any atom is 0.254 e.